The predicted molar refractivity (Wildman–Crippen MR) is 110 cm³/mol. The van der Waals surface area contributed by atoms with E-state index in [1.54, 1.807) is 6.20 Å². The second-order valence-electron chi connectivity index (χ2n) is 9.90. The first-order chi connectivity index (χ1) is 14.1. The van der Waals surface area contributed by atoms with E-state index in [0.717, 1.165) is 38.3 Å². The average Bonchev–Trinajstić information content (AvgIpc) is 3.17. The highest BCUT2D eigenvalue weighted by Crippen LogP contribution is 2.44. The van der Waals surface area contributed by atoms with Crippen LogP contribution >= 0.6 is 0 Å². The summed E-state index contributed by atoms with van der Waals surface area (Å²) in [6.45, 7) is 1.54. The highest BCUT2D eigenvalue weighted by atomic mass is 16.2. The molecule has 4 fully saturated rings. The monoisotopic (exact) mass is 398 g/mol. The van der Waals surface area contributed by atoms with E-state index in [1.165, 1.54) is 38.5 Å². The van der Waals surface area contributed by atoms with Gasteiger partial charge in [-0.2, -0.15) is 0 Å². The van der Waals surface area contributed by atoms with E-state index in [0.29, 0.717) is 42.1 Å². The number of carbonyl (C=O) groups excluding carboxylic acids is 2. The standard InChI is InChI=1S/C23H34N4O2/c1-25-11-10-24-22(25)23(29)26-14-17-13-18(15-26)20(12-16-6-3-2-4-7-16)27-19(17)8-5-9-21(27)28/h10-11,16-20H,2-9,12-15H2,1H3/t17-,18+,19+,20+/m1/s1. The maximum Gasteiger partial charge on any atom is 0.289 e. The van der Waals surface area contributed by atoms with Crippen LogP contribution < -0.4 is 0 Å². The molecule has 3 aliphatic heterocycles. The van der Waals surface area contributed by atoms with Crippen molar-refractivity contribution in [3.63, 3.8) is 0 Å². The fourth-order valence-corrected chi connectivity index (χ4v) is 6.72. The molecule has 0 radical (unpaired) electrons. The lowest BCUT2D eigenvalue weighted by Gasteiger charge is -2.57. The molecule has 6 nitrogen and oxygen atoms in total. The number of hydrogen-bond donors (Lipinski definition) is 0. The Kier molecular flexibility index (Phi) is 5.12. The lowest BCUT2D eigenvalue weighted by Crippen LogP contribution is -2.65. The van der Waals surface area contributed by atoms with Gasteiger partial charge in [0.2, 0.25) is 5.91 Å². The van der Waals surface area contributed by atoms with Gasteiger partial charge >= 0.3 is 0 Å². The molecule has 6 heteroatoms. The van der Waals surface area contributed by atoms with Crippen LogP contribution in [0.3, 0.4) is 0 Å². The summed E-state index contributed by atoms with van der Waals surface area (Å²) < 4.78 is 1.82. The summed E-state index contributed by atoms with van der Waals surface area (Å²) in [6, 6.07) is 0.655. The van der Waals surface area contributed by atoms with Crippen LogP contribution in [-0.2, 0) is 11.8 Å². The molecule has 4 heterocycles. The summed E-state index contributed by atoms with van der Waals surface area (Å²) in [5, 5.41) is 0. The number of fused-ring (bicyclic) bond motifs is 4. The molecular weight excluding hydrogens is 364 g/mol. The van der Waals surface area contributed by atoms with E-state index in [9.17, 15) is 9.59 Å². The minimum Gasteiger partial charge on any atom is -0.336 e. The van der Waals surface area contributed by atoms with E-state index in [-0.39, 0.29) is 5.91 Å². The molecule has 1 aromatic rings. The number of rotatable bonds is 3. The Balaban J connectivity index is 1.40. The van der Waals surface area contributed by atoms with E-state index in [1.807, 2.05) is 22.7 Å². The first kappa shape index (κ1) is 19.1. The molecule has 1 aliphatic carbocycles. The fraction of sp³-hybridized carbons (Fsp3) is 0.783. The smallest absolute Gasteiger partial charge is 0.289 e. The molecular formula is C23H34N4O2. The molecule has 3 saturated heterocycles. The first-order valence-corrected chi connectivity index (χ1v) is 11.7. The van der Waals surface area contributed by atoms with Crippen molar-refractivity contribution < 1.29 is 9.59 Å². The topological polar surface area (TPSA) is 58.4 Å². The highest BCUT2D eigenvalue weighted by Gasteiger charge is 2.50. The molecule has 0 aromatic carbocycles. The highest BCUT2D eigenvalue weighted by molar-refractivity contribution is 5.91. The summed E-state index contributed by atoms with van der Waals surface area (Å²) in [4.78, 5) is 34.9. The Bertz CT molecular complexity index is 769. The van der Waals surface area contributed by atoms with Crippen molar-refractivity contribution in [3.05, 3.63) is 18.2 Å². The van der Waals surface area contributed by atoms with Gasteiger partial charge in [0.15, 0.2) is 5.82 Å². The summed E-state index contributed by atoms with van der Waals surface area (Å²) in [5.41, 5.74) is 0. The van der Waals surface area contributed by atoms with Crippen molar-refractivity contribution in [1.29, 1.82) is 0 Å². The molecule has 0 spiro atoms. The third-order valence-corrected chi connectivity index (χ3v) is 8.10. The summed E-state index contributed by atoms with van der Waals surface area (Å²) in [7, 11) is 1.89. The summed E-state index contributed by atoms with van der Waals surface area (Å²) in [5.74, 6) is 2.55. The molecule has 4 atom stereocenters. The molecule has 1 saturated carbocycles. The van der Waals surface area contributed by atoms with Crippen LogP contribution in [0.2, 0.25) is 0 Å². The minimum absolute atomic E-state index is 0.0548. The normalized spacial score (nSPS) is 32.9. The number of aryl methyl sites for hydroxylation is 1. The zero-order valence-corrected chi connectivity index (χ0v) is 17.6. The van der Waals surface area contributed by atoms with Gasteiger partial charge in [0.05, 0.1) is 0 Å². The second kappa shape index (κ2) is 7.77. The lowest BCUT2D eigenvalue weighted by molar-refractivity contribution is -0.153. The van der Waals surface area contributed by atoms with Gasteiger partial charge < -0.3 is 14.4 Å². The number of nitrogens with zero attached hydrogens (tertiary/aromatic N) is 4. The Hall–Kier alpha value is -1.85. The van der Waals surface area contributed by atoms with Crippen LogP contribution in [0.5, 0.6) is 0 Å². The number of hydrogen-bond acceptors (Lipinski definition) is 3. The quantitative estimate of drug-likeness (QED) is 0.785. The Labute approximate surface area is 173 Å². The Morgan fingerprint density at radius 3 is 2.66 bits per heavy atom. The molecule has 2 bridgehead atoms. The van der Waals surface area contributed by atoms with Gasteiger partial charge in [-0.05, 0) is 43.4 Å². The van der Waals surface area contributed by atoms with Crippen LogP contribution in [0.25, 0.3) is 0 Å². The maximum atomic E-state index is 13.2. The van der Waals surface area contributed by atoms with Crippen molar-refractivity contribution >= 4 is 11.8 Å². The zero-order valence-electron chi connectivity index (χ0n) is 17.6. The predicted octanol–water partition coefficient (Wildman–Crippen LogP) is 3.23. The molecule has 0 N–H and O–H groups in total. The molecule has 0 unspecified atom stereocenters. The van der Waals surface area contributed by atoms with Gasteiger partial charge in [0.25, 0.3) is 5.91 Å². The third kappa shape index (κ3) is 3.49. The zero-order chi connectivity index (χ0) is 20.0. The largest absolute Gasteiger partial charge is 0.336 e. The van der Waals surface area contributed by atoms with Gasteiger partial charge in [-0.15, -0.1) is 0 Å². The van der Waals surface area contributed by atoms with E-state index < -0.39 is 0 Å². The van der Waals surface area contributed by atoms with E-state index >= 15 is 0 Å². The number of carbonyl (C=O) groups is 2. The molecule has 1 aromatic heterocycles. The molecule has 2 amide bonds. The molecule has 5 rings (SSSR count). The van der Waals surface area contributed by atoms with Crippen molar-refractivity contribution in [2.75, 3.05) is 13.1 Å². The lowest BCUT2D eigenvalue weighted by atomic mass is 9.69. The van der Waals surface area contributed by atoms with Gasteiger partial charge in [0, 0.05) is 51.0 Å². The second-order valence-corrected chi connectivity index (χ2v) is 9.90. The maximum absolute atomic E-state index is 13.2. The summed E-state index contributed by atoms with van der Waals surface area (Å²) in [6.07, 6.45) is 15.4. The number of amides is 2. The van der Waals surface area contributed by atoms with Crippen molar-refractivity contribution in [1.82, 2.24) is 19.4 Å². The molecule has 4 aliphatic rings. The molecule has 29 heavy (non-hydrogen) atoms. The van der Waals surface area contributed by atoms with Crippen molar-refractivity contribution in [2.24, 2.45) is 24.8 Å². The number of aromatic nitrogens is 2. The van der Waals surface area contributed by atoms with Gasteiger partial charge in [0.1, 0.15) is 0 Å². The van der Waals surface area contributed by atoms with E-state index in [2.05, 4.69) is 9.88 Å². The van der Waals surface area contributed by atoms with Gasteiger partial charge in [-0.25, -0.2) is 4.98 Å². The summed E-state index contributed by atoms with van der Waals surface area (Å²) >= 11 is 0. The number of likely N-dealkylation sites (tertiary alicyclic amines) is 1. The van der Waals surface area contributed by atoms with E-state index in [4.69, 9.17) is 0 Å². The van der Waals surface area contributed by atoms with Crippen molar-refractivity contribution in [2.45, 2.75) is 76.3 Å². The van der Waals surface area contributed by atoms with Crippen LogP contribution in [0.4, 0.5) is 0 Å². The number of piperidine rings is 3. The van der Waals surface area contributed by atoms with Crippen LogP contribution in [0, 0.1) is 17.8 Å². The minimum atomic E-state index is 0.0548. The first-order valence-electron chi connectivity index (χ1n) is 11.7. The Morgan fingerprint density at radius 1 is 1.10 bits per heavy atom. The molecule has 158 valence electrons. The van der Waals surface area contributed by atoms with Gasteiger partial charge in [-0.3, -0.25) is 9.59 Å². The van der Waals surface area contributed by atoms with Crippen LogP contribution in [0.15, 0.2) is 12.4 Å². The van der Waals surface area contributed by atoms with Crippen LogP contribution in [-0.4, -0.2) is 56.3 Å². The van der Waals surface area contributed by atoms with Crippen LogP contribution in [0.1, 0.15) is 74.8 Å². The van der Waals surface area contributed by atoms with Gasteiger partial charge in [-0.1, -0.05) is 32.1 Å². The van der Waals surface area contributed by atoms with Crippen molar-refractivity contribution in [3.8, 4) is 0 Å². The SMILES string of the molecule is Cn1ccnc1C(=O)N1C[C@H]2C[C@@H](C1)[C@H](CC1CCCCC1)N1C(=O)CCC[C@@H]21. The fourth-order valence-electron chi connectivity index (χ4n) is 6.72. The number of imidazole rings is 1. The third-order valence-electron chi connectivity index (χ3n) is 8.10. The Morgan fingerprint density at radius 2 is 1.90 bits per heavy atom. The average molecular weight is 399 g/mol.